The standard InChI is InChI=1S/C21H28N2O/c1-22-17-9-16-21(24)23-20(19-13-6-3-7-14-19)15-8-12-18-10-4-2-5-11-18/h2-7,10-11,13-14,20,22H,8-9,12,15-17H2,1H3,(H,23,24). The lowest BCUT2D eigenvalue weighted by Crippen LogP contribution is -2.29. The van der Waals surface area contributed by atoms with Gasteiger partial charge in [0, 0.05) is 6.42 Å². The smallest absolute Gasteiger partial charge is 0.220 e. The monoisotopic (exact) mass is 324 g/mol. The highest BCUT2D eigenvalue weighted by Gasteiger charge is 2.14. The first kappa shape index (κ1) is 18.2. The number of carbonyl (C=O) groups excluding carboxylic acids is 1. The van der Waals surface area contributed by atoms with Gasteiger partial charge in [0.25, 0.3) is 0 Å². The zero-order valence-corrected chi connectivity index (χ0v) is 14.5. The molecule has 0 heterocycles. The van der Waals surface area contributed by atoms with Crippen LogP contribution in [-0.2, 0) is 11.2 Å². The Labute approximate surface area is 145 Å². The van der Waals surface area contributed by atoms with Crippen molar-refractivity contribution in [3.8, 4) is 0 Å². The van der Waals surface area contributed by atoms with Gasteiger partial charge in [-0.2, -0.15) is 0 Å². The van der Waals surface area contributed by atoms with E-state index in [0.717, 1.165) is 32.2 Å². The van der Waals surface area contributed by atoms with Crippen molar-refractivity contribution in [3.05, 3.63) is 71.8 Å². The van der Waals surface area contributed by atoms with E-state index >= 15 is 0 Å². The van der Waals surface area contributed by atoms with Gasteiger partial charge in [-0.15, -0.1) is 0 Å². The topological polar surface area (TPSA) is 41.1 Å². The van der Waals surface area contributed by atoms with E-state index in [9.17, 15) is 4.79 Å². The molecule has 1 amide bonds. The fourth-order valence-electron chi connectivity index (χ4n) is 2.85. The maximum absolute atomic E-state index is 12.2. The van der Waals surface area contributed by atoms with E-state index in [1.165, 1.54) is 11.1 Å². The number of benzene rings is 2. The number of carbonyl (C=O) groups is 1. The van der Waals surface area contributed by atoms with Crippen molar-refractivity contribution >= 4 is 5.91 Å². The Morgan fingerprint density at radius 2 is 1.62 bits per heavy atom. The molecule has 1 atom stereocenters. The van der Waals surface area contributed by atoms with Crippen LogP contribution in [0.15, 0.2) is 60.7 Å². The van der Waals surface area contributed by atoms with Gasteiger partial charge in [-0.3, -0.25) is 4.79 Å². The highest BCUT2D eigenvalue weighted by atomic mass is 16.1. The lowest BCUT2D eigenvalue weighted by molar-refractivity contribution is -0.122. The number of hydrogen-bond acceptors (Lipinski definition) is 2. The summed E-state index contributed by atoms with van der Waals surface area (Å²) in [7, 11) is 1.91. The molecular formula is C21H28N2O. The highest BCUT2D eigenvalue weighted by molar-refractivity contribution is 5.76. The summed E-state index contributed by atoms with van der Waals surface area (Å²) in [6.07, 6.45) is 4.49. The Hall–Kier alpha value is -2.13. The molecule has 0 saturated carbocycles. The van der Waals surface area contributed by atoms with Crippen LogP contribution < -0.4 is 10.6 Å². The normalized spacial score (nSPS) is 11.9. The van der Waals surface area contributed by atoms with Gasteiger partial charge in [-0.05, 0) is 50.4 Å². The van der Waals surface area contributed by atoms with E-state index in [0.29, 0.717) is 6.42 Å². The van der Waals surface area contributed by atoms with Crippen molar-refractivity contribution in [1.82, 2.24) is 10.6 Å². The van der Waals surface area contributed by atoms with Crippen molar-refractivity contribution < 1.29 is 4.79 Å². The van der Waals surface area contributed by atoms with Crippen LogP contribution in [0, 0.1) is 0 Å². The Bertz CT molecular complexity index is 583. The minimum absolute atomic E-state index is 0.0944. The number of rotatable bonds is 10. The van der Waals surface area contributed by atoms with Gasteiger partial charge >= 0.3 is 0 Å². The summed E-state index contributed by atoms with van der Waals surface area (Å²) in [5.74, 6) is 0.138. The molecule has 2 aromatic rings. The molecule has 128 valence electrons. The van der Waals surface area contributed by atoms with Crippen LogP contribution >= 0.6 is 0 Å². The highest BCUT2D eigenvalue weighted by Crippen LogP contribution is 2.20. The summed E-state index contributed by atoms with van der Waals surface area (Å²) in [4.78, 5) is 12.2. The number of aryl methyl sites for hydroxylation is 1. The molecule has 1 unspecified atom stereocenters. The molecule has 0 saturated heterocycles. The second-order valence-corrected chi connectivity index (χ2v) is 6.12. The maximum atomic E-state index is 12.2. The van der Waals surface area contributed by atoms with Crippen LogP contribution in [0.25, 0.3) is 0 Å². The lowest BCUT2D eigenvalue weighted by Gasteiger charge is -2.19. The first-order valence-corrected chi connectivity index (χ1v) is 8.82. The zero-order valence-electron chi connectivity index (χ0n) is 14.5. The minimum Gasteiger partial charge on any atom is -0.349 e. The van der Waals surface area contributed by atoms with E-state index in [1.807, 2.05) is 31.3 Å². The van der Waals surface area contributed by atoms with E-state index in [4.69, 9.17) is 0 Å². The van der Waals surface area contributed by atoms with Crippen LogP contribution in [0.4, 0.5) is 0 Å². The summed E-state index contributed by atoms with van der Waals surface area (Å²) >= 11 is 0. The molecule has 2 N–H and O–H groups in total. The minimum atomic E-state index is 0.0944. The van der Waals surface area contributed by atoms with Gasteiger partial charge in [-0.1, -0.05) is 60.7 Å². The Balaban J connectivity index is 1.89. The van der Waals surface area contributed by atoms with E-state index < -0.39 is 0 Å². The number of nitrogens with one attached hydrogen (secondary N) is 2. The summed E-state index contributed by atoms with van der Waals surface area (Å²) in [6, 6.07) is 20.9. The van der Waals surface area contributed by atoms with Gasteiger partial charge in [0.15, 0.2) is 0 Å². The SMILES string of the molecule is CNCCCC(=O)NC(CCCc1ccccc1)c1ccccc1. The van der Waals surface area contributed by atoms with Crippen molar-refractivity contribution in [3.63, 3.8) is 0 Å². The van der Waals surface area contributed by atoms with E-state index in [1.54, 1.807) is 0 Å². The van der Waals surface area contributed by atoms with Crippen molar-refractivity contribution in [2.75, 3.05) is 13.6 Å². The molecule has 0 aromatic heterocycles. The molecule has 24 heavy (non-hydrogen) atoms. The summed E-state index contributed by atoms with van der Waals surface area (Å²) in [5.41, 5.74) is 2.54. The predicted octanol–water partition coefficient (Wildman–Crippen LogP) is 3.87. The Kier molecular flexibility index (Phi) is 8.05. The summed E-state index contributed by atoms with van der Waals surface area (Å²) in [5, 5.41) is 6.29. The maximum Gasteiger partial charge on any atom is 0.220 e. The fourth-order valence-corrected chi connectivity index (χ4v) is 2.85. The van der Waals surface area contributed by atoms with Gasteiger partial charge in [0.2, 0.25) is 5.91 Å². The molecular weight excluding hydrogens is 296 g/mol. The molecule has 0 bridgehead atoms. The molecule has 0 aliphatic carbocycles. The largest absolute Gasteiger partial charge is 0.349 e. The van der Waals surface area contributed by atoms with Gasteiger partial charge in [-0.25, -0.2) is 0 Å². The van der Waals surface area contributed by atoms with E-state index in [2.05, 4.69) is 47.0 Å². The third-order valence-electron chi connectivity index (χ3n) is 4.17. The fraction of sp³-hybridized carbons (Fsp3) is 0.381. The summed E-state index contributed by atoms with van der Waals surface area (Å²) < 4.78 is 0. The quantitative estimate of drug-likeness (QED) is 0.652. The number of amides is 1. The van der Waals surface area contributed by atoms with Crippen molar-refractivity contribution in [2.45, 2.75) is 38.1 Å². The molecule has 2 rings (SSSR count). The molecule has 0 spiro atoms. The first-order chi connectivity index (χ1) is 11.8. The Morgan fingerprint density at radius 1 is 0.958 bits per heavy atom. The molecule has 0 radical (unpaired) electrons. The predicted molar refractivity (Wildman–Crippen MR) is 99.9 cm³/mol. The second kappa shape index (κ2) is 10.6. The molecule has 0 aliphatic rings. The van der Waals surface area contributed by atoms with E-state index in [-0.39, 0.29) is 11.9 Å². The third-order valence-corrected chi connectivity index (χ3v) is 4.17. The summed E-state index contributed by atoms with van der Waals surface area (Å²) in [6.45, 7) is 0.872. The van der Waals surface area contributed by atoms with Gasteiger partial charge in [0.1, 0.15) is 0 Å². The molecule has 3 nitrogen and oxygen atoms in total. The number of hydrogen-bond donors (Lipinski definition) is 2. The zero-order chi connectivity index (χ0) is 17.0. The third kappa shape index (κ3) is 6.55. The van der Waals surface area contributed by atoms with Crippen LogP contribution in [-0.4, -0.2) is 19.5 Å². The van der Waals surface area contributed by atoms with Crippen LogP contribution in [0.5, 0.6) is 0 Å². The lowest BCUT2D eigenvalue weighted by atomic mass is 9.98. The molecule has 2 aromatic carbocycles. The molecule has 0 fully saturated rings. The first-order valence-electron chi connectivity index (χ1n) is 8.82. The van der Waals surface area contributed by atoms with Crippen molar-refractivity contribution in [2.24, 2.45) is 0 Å². The Morgan fingerprint density at radius 3 is 2.29 bits per heavy atom. The van der Waals surface area contributed by atoms with Crippen LogP contribution in [0.1, 0.15) is 42.9 Å². The van der Waals surface area contributed by atoms with Crippen LogP contribution in [0.3, 0.4) is 0 Å². The van der Waals surface area contributed by atoms with Gasteiger partial charge in [0.05, 0.1) is 6.04 Å². The van der Waals surface area contributed by atoms with Crippen LogP contribution in [0.2, 0.25) is 0 Å². The van der Waals surface area contributed by atoms with Gasteiger partial charge < -0.3 is 10.6 Å². The second-order valence-electron chi connectivity index (χ2n) is 6.12. The average Bonchev–Trinajstić information content (AvgIpc) is 2.63. The molecule has 3 heteroatoms. The molecule has 0 aliphatic heterocycles. The van der Waals surface area contributed by atoms with Crippen molar-refractivity contribution in [1.29, 1.82) is 0 Å². The average molecular weight is 324 g/mol.